The van der Waals surface area contributed by atoms with Gasteiger partial charge in [0, 0.05) is 16.9 Å². The summed E-state index contributed by atoms with van der Waals surface area (Å²) < 4.78 is 33.9. The first-order chi connectivity index (χ1) is 13.1. The fraction of sp³-hybridized carbons (Fsp3) is 0.105. The van der Waals surface area contributed by atoms with Gasteiger partial charge in [-0.25, -0.2) is 8.78 Å². The Morgan fingerprint density at radius 1 is 1.00 bits per heavy atom. The number of methoxy groups -OCH3 is 1. The van der Waals surface area contributed by atoms with E-state index in [4.69, 9.17) is 4.74 Å². The quantitative estimate of drug-likeness (QED) is 0.478. The van der Waals surface area contributed by atoms with Gasteiger partial charge in [-0.05, 0) is 54.6 Å². The molecule has 0 unspecified atom stereocenters. The fourth-order valence-corrected chi connectivity index (χ4v) is 3.43. The Kier molecular flexibility index (Phi) is 4.72. The summed E-state index contributed by atoms with van der Waals surface area (Å²) in [4.78, 5) is 0. The van der Waals surface area contributed by atoms with Crippen LogP contribution in [-0.2, 0) is 5.75 Å². The lowest BCUT2D eigenvalue weighted by molar-refractivity contribution is 0.415. The van der Waals surface area contributed by atoms with E-state index in [-0.39, 0.29) is 11.3 Å². The SMILES string of the molecule is COc1ccc(-c2ccc3nnc(SCc4cc(F)ccc4F)n3n2)cc1. The Morgan fingerprint density at radius 2 is 1.81 bits per heavy atom. The number of benzene rings is 2. The zero-order valence-electron chi connectivity index (χ0n) is 14.3. The highest BCUT2D eigenvalue weighted by atomic mass is 32.2. The molecule has 8 heteroatoms. The van der Waals surface area contributed by atoms with Gasteiger partial charge < -0.3 is 4.74 Å². The first-order valence-corrected chi connectivity index (χ1v) is 9.06. The summed E-state index contributed by atoms with van der Waals surface area (Å²) in [6.45, 7) is 0. The van der Waals surface area contributed by atoms with Crippen molar-refractivity contribution in [1.29, 1.82) is 0 Å². The Bertz CT molecular complexity index is 1100. The molecule has 0 bridgehead atoms. The minimum atomic E-state index is -0.474. The van der Waals surface area contributed by atoms with Crippen molar-refractivity contribution in [1.82, 2.24) is 19.8 Å². The van der Waals surface area contributed by atoms with Gasteiger partial charge in [-0.1, -0.05) is 11.8 Å². The van der Waals surface area contributed by atoms with Crippen LogP contribution in [0.5, 0.6) is 5.75 Å². The first-order valence-electron chi connectivity index (χ1n) is 8.07. The van der Waals surface area contributed by atoms with Crippen molar-refractivity contribution in [2.45, 2.75) is 10.9 Å². The smallest absolute Gasteiger partial charge is 0.212 e. The third-order valence-corrected chi connectivity index (χ3v) is 4.95. The molecule has 0 amide bonds. The van der Waals surface area contributed by atoms with Crippen LogP contribution < -0.4 is 4.74 Å². The highest BCUT2D eigenvalue weighted by molar-refractivity contribution is 7.98. The molecule has 0 atom stereocenters. The van der Waals surface area contributed by atoms with Crippen molar-refractivity contribution in [3.8, 4) is 17.0 Å². The van der Waals surface area contributed by atoms with Gasteiger partial charge in [-0.3, -0.25) is 0 Å². The monoisotopic (exact) mass is 384 g/mol. The maximum absolute atomic E-state index is 13.8. The highest BCUT2D eigenvalue weighted by Gasteiger charge is 2.12. The zero-order chi connectivity index (χ0) is 18.8. The van der Waals surface area contributed by atoms with E-state index >= 15 is 0 Å². The van der Waals surface area contributed by atoms with Crippen LogP contribution in [-0.4, -0.2) is 26.9 Å². The van der Waals surface area contributed by atoms with Gasteiger partial charge in [0.2, 0.25) is 5.16 Å². The van der Waals surface area contributed by atoms with Crippen molar-refractivity contribution in [2.24, 2.45) is 0 Å². The highest BCUT2D eigenvalue weighted by Crippen LogP contribution is 2.25. The second-order valence-electron chi connectivity index (χ2n) is 5.72. The largest absolute Gasteiger partial charge is 0.497 e. The number of nitrogens with zero attached hydrogens (tertiary/aromatic N) is 4. The molecule has 4 aromatic rings. The van der Waals surface area contributed by atoms with E-state index in [1.165, 1.54) is 17.8 Å². The van der Waals surface area contributed by atoms with Gasteiger partial charge in [0.15, 0.2) is 5.65 Å². The van der Waals surface area contributed by atoms with Crippen LogP contribution in [0.2, 0.25) is 0 Å². The third kappa shape index (κ3) is 3.61. The molecular weight excluding hydrogens is 370 g/mol. The van der Waals surface area contributed by atoms with E-state index in [9.17, 15) is 8.78 Å². The Balaban J connectivity index is 1.62. The van der Waals surface area contributed by atoms with Crippen molar-refractivity contribution in [3.05, 3.63) is 71.8 Å². The van der Waals surface area contributed by atoms with Crippen LogP contribution in [0.1, 0.15) is 5.56 Å². The van der Waals surface area contributed by atoms with Crippen LogP contribution in [0.3, 0.4) is 0 Å². The molecule has 2 aromatic heterocycles. The van der Waals surface area contributed by atoms with E-state index in [2.05, 4.69) is 15.3 Å². The molecule has 0 spiro atoms. The van der Waals surface area contributed by atoms with Crippen molar-refractivity contribution >= 4 is 17.4 Å². The Hall–Kier alpha value is -3.00. The molecule has 0 N–H and O–H groups in total. The number of halogens is 2. The molecule has 0 radical (unpaired) electrons. The summed E-state index contributed by atoms with van der Waals surface area (Å²) in [5.41, 5.74) is 2.50. The average Bonchev–Trinajstić information content (AvgIpc) is 3.11. The Labute approximate surface area is 158 Å². The van der Waals surface area contributed by atoms with Crippen LogP contribution in [0, 0.1) is 11.6 Å². The van der Waals surface area contributed by atoms with Crippen molar-refractivity contribution < 1.29 is 13.5 Å². The number of aromatic nitrogens is 4. The predicted octanol–water partition coefficient (Wildman–Crippen LogP) is 4.37. The van der Waals surface area contributed by atoms with Gasteiger partial charge in [0.05, 0.1) is 12.8 Å². The molecule has 0 aliphatic rings. The van der Waals surface area contributed by atoms with Crippen LogP contribution in [0.15, 0.2) is 59.8 Å². The number of ether oxygens (including phenoxy) is 1. The first kappa shape index (κ1) is 17.4. The van der Waals surface area contributed by atoms with Crippen molar-refractivity contribution in [2.75, 3.05) is 7.11 Å². The molecule has 4 rings (SSSR count). The number of hydrogen-bond acceptors (Lipinski definition) is 5. The summed E-state index contributed by atoms with van der Waals surface area (Å²) in [7, 11) is 1.61. The van der Waals surface area contributed by atoms with Crippen molar-refractivity contribution in [3.63, 3.8) is 0 Å². The Morgan fingerprint density at radius 3 is 2.59 bits per heavy atom. The van der Waals surface area contributed by atoms with Gasteiger partial charge in [0.25, 0.3) is 0 Å². The normalized spacial score (nSPS) is 11.1. The predicted molar refractivity (Wildman–Crippen MR) is 98.7 cm³/mol. The standard InChI is InChI=1S/C19H14F2N4OS/c1-26-15-5-2-12(3-6-15)17-8-9-18-22-23-19(25(18)24-17)27-11-13-10-14(20)4-7-16(13)21/h2-10H,11H2,1H3. The lowest BCUT2D eigenvalue weighted by Gasteiger charge is -2.05. The molecule has 0 saturated heterocycles. The second kappa shape index (κ2) is 7.32. The maximum atomic E-state index is 13.8. The lowest BCUT2D eigenvalue weighted by atomic mass is 10.1. The summed E-state index contributed by atoms with van der Waals surface area (Å²) in [5.74, 6) is 0.0545. The lowest BCUT2D eigenvalue weighted by Crippen LogP contribution is -1.97. The molecule has 5 nitrogen and oxygen atoms in total. The molecule has 0 aliphatic heterocycles. The molecule has 2 aromatic carbocycles. The number of fused-ring (bicyclic) bond motifs is 1. The van der Waals surface area contributed by atoms with Gasteiger partial charge >= 0.3 is 0 Å². The zero-order valence-corrected chi connectivity index (χ0v) is 15.1. The minimum absolute atomic E-state index is 0.221. The average molecular weight is 384 g/mol. The summed E-state index contributed by atoms with van der Waals surface area (Å²) in [6, 6.07) is 14.6. The molecule has 0 aliphatic carbocycles. The molecular formula is C19H14F2N4OS. The summed E-state index contributed by atoms with van der Waals surface area (Å²) >= 11 is 1.24. The van der Waals surface area contributed by atoms with Gasteiger partial charge in [0.1, 0.15) is 17.4 Å². The third-order valence-electron chi connectivity index (χ3n) is 3.98. The van der Waals surface area contributed by atoms with E-state index in [1.807, 2.05) is 36.4 Å². The van der Waals surface area contributed by atoms with E-state index in [0.717, 1.165) is 29.1 Å². The van der Waals surface area contributed by atoms with Crippen LogP contribution in [0.25, 0.3) is 16.9 Å². The van der Waals surface area contributed by atoms with E-state index < -0.39 is 11.6 Å². The van der Waals surface area contributed by atoms with E-state index in [0.29, 0.717) is 10.8 Å². The molecule has 0 saturated carbocycles. The van der Waals surface area contributed by atoms with Crippen LogP contribution >= 0.6 is 11.8 Å². The second-order valence-corrected chi connectivity index (χ2v) is 6.67. The molecule has 136 valence electrons. The summed E-state index contributed by atoms with van der Waals surface area (Å²) in [6.07, 6.45) is 0. The van der Waals surface area contributed by atoms with Crippen LogP contribution in [0.4, 0.5) is 8.78 Å². The number of rotatable bonds is 5. The molecule has 0 fully saturated rings. The summed E-state index contributed by atoms with van der Waals surface area (Å²) in [5, 5.41) is 13.3. The maximum Gasteiger partial charge on any atom is 0.212 e. The number of hydrogen-bond donors (Lipinski definition) is 0. The van der Waals surface area contributed by atoms with Gasteiger partial charge in [-0.15, -0.1) is 10.2 Å². The fourth-order valence-electron chi connectivity index (χ4n) is 2.57. The molecule has 27 heavy (non-hydrogen) atoms. The topological polar surface area (TPSA) is 52.3 Å². The minimum Gasteiger partial charge on any atom is -0.497 e. The number of thioether (sulfide) groups is 1. The molecule has 2 heterocycles. The van der Waals surface area contributed by atoms with Gasteiger partial charge in [-0.2, -0.15) is 9.61 Å². The van der Waals surface area contributed by atoms with E-state index in [1.54, 1.807) is 11.6 Å².